The Kier molecular flexibility index (Phi) is 4.75. The van der Waals surface area contributed by atoms with Crippen LogP contribution in [0.25, 0.3) is 5.69 Å². The van der Waals surface area contributed by atoms with Gasteiger partial charge in [0.2, 0.25) is 0 Å². The maximum absolute atomic E-state index is 11.5. The summed E-state index contributed by atoms with van der Waals surface area (Å²) in [6, 6.07) is 15.0. The fraction of sp³-hybridized carbons (Fsp3) is 0.250. The van der Waals surface area contributed by atoms with E-state index >= 15 is 0 Å². The van der Waals surface area contributed by atoms with Gasteiger partial charge in [-0.3, -0.25) is 4.79 Å². The molecule has 3 aromatic rings. The van der Waals surface area contributed by atoms with E-state index in [-0.39, 0.29) is 12.0 Å². The van der Waals surface area contributed by atoms with E-state index in [1.807, 2.05) is 18.2 Å². The normalized spacial score (nSPS) is 11.3. The van der Waals surface area contributed by atoms with Crippen LogP contribution in [0.3, 0.4) is 0 Å². The number of hydrogen-bond donors (Lipinski definition) is 1. The fourth-order valence-electron chi connectivity index (χ4n) is 2.57. The second kappa shape index (κ2) is 7.00. The molecular formula is C20H22N4O2. The third kappa shape index (κ3) is 3.91. The van der Waals surface area contributed by atoms with Crippen LogP contribution in [0.1, 0.15) is 42.4 Å². The van der Waals surface area contributed by atoms with Gasteiger partial charge in [-0.1, -0.05) is 50.3 Å². The van der Waals surface area contributed by atoms with E-state index in [9.17, 15) is 4.79 Å². The molecule has 0 atom stereocenters. The van der Waals surface area contributed by atoms with Gasteiger partial charge >= 0.3 is 0 Å². The predicted molar refractivity (Wildman–Crippen MR) is 99.4 cm³/mol. The molecule has 0 aliphatic rings. The Balaban J connectivity index is 1.71. The van der Waals surface area contributed by atoms with Crippen LogP contribution < -0.4 is 10.5 Å². The number of carbonyl (C=O) groups is 1. The Morgan fingerprint density at radius 2 is 1.81 bits per heavy atom. The van der Waals surface area contributed by atoms with Crippen LogP contribution in [0.15, 0.2) is 54.7 Å². The maximum Gasteiger partial charge on any atom is 0.250 e. The van der Waals surface area contributed by atoms with Crippen molar-refractivity contribution in [2.24, 2.45) is 5.73 Å². The second-order valence-electron chi connectivity index (χ2n) is 7.10. The molecule has 1 aromatic heterocycles. The lowest BCUT2D eigenvalue weighted by Crippen LogP contribution is -2.14. The van der Waals surface area contributed by atoms with Crippen molar-refractivity contribution >= 4 is 5.91 Å². The quantitative estimate of drug-likeness (QED) is 0.766. The van der Waals surface area contributed by atoms with Crippen molar-refractivity contribution in [3.8, 4) is 11.4 Å². The summed E-state index contributed by atoms with van der Waals surface area (Å²) in [5.41, 5.74) is 8.41. The highest BCUT2D eigenvalue weighted by Crippen LogP contribution is 2.24. The third-order valence-corrected chi connectivity index (χ3v) is 4.06. The smallest absolute Gasteiger partial charge is 0.250 e. The Morgan fingerprint density at radius 3 is 2.46 bits per heavy atom. The number of nitrogens with two attached hydrogens (primary N) is 1. The van der Waals surface area contributed by atoms with Crippen molar-refractivity contribution in [1.82, 2.24) is 15.0 Å². The van der Waals surface area contributed by atoms with Crippen LogP contribution in [0.4, 0.5) is 0 Å². The molecule has 0 radical (unpaired) electrons. The summed E-state index contributed by atoms with van der Waals surface area (Å²) < 4.78 is 7.31. The van der Waals surface area contributed by atoms with E-state index < -0.39 is 5.91 Å². The zero-order valence-corrected chi connectivity index (χ0v) is 15.1. The summed E-state index contributed by atoms with van der Waals surface area (Å²) in [4.78, 5) is 11.5. The van der Waals surface area contributed by atoms with Crippen LogP contribution in [0, 0.1) is 0 Å². The Bertz CT molecular complexity index is 908. The first kappa shape index (κ1) is 17.7. The topological polar surface area (TPSA) is 83.0 Å². The number of nitrogens with zero attached hydrogens (tertiary/aromatic N) is 3. The van der Waals surface area contributed by atoms with Gasteiger partial charge < -0.3 is 10.5 Å². The van der Waals surface area contributed by atoms with Crippen LogP contribution in [0.5, 0.6) is 5.75 Å². The molecule has 0 saturated carbocycles. The zero-order chi connectivity index (χ0) is 18.7. The van der Waals surface area contributed by atoms with Crippen molar-refractivity contribution < 1.29 is 9.53 Å². The highest BCUT2D eigenvalue weighted by atomic mass is 16.5. The predicted octanol–water partition coefficient (Wildman–Crippen LogP) is 3.24. The monoisotopic (exact) mass is 350 g/mol. The number of rotatable bonds is 5. The largest absolute Gasteiger partial charge is 0.487 e. The summed E-state index contributed by atoms with van der Waals surface area (Å²) >= 11 is 0. The van der Waals surface area contributed by atoms with Crippen LogP contribution >= 0.6 is 0 Å². The standard InChI is InChI=1S/C20H22N4O2/c1-20(2,3)14-8-10-16(11-9-14)26-13-15-12-24(23-22-15)18-7-5-4-6-17(18)19(21)25/h4-12H,13H2,1-3H3,(H2,21,25). The molecule has 0 fully saturated rings. The van der Waals surface area contributed by atoms with Crippen molar-refractivity contribution in [3.63, 3.8) is 0 Å². The summed E-state index contributed by atoms with van der Waals surface area (Å²) in [6.07, 6.45) is 1.73. The molecule has 0 saturated heterocycles. The molecule has 2 N–H and O–H groups in total. The van der Waals surface area contributed by atoms with Gasteiger partial charge in [-0.2, -0.15) is 0 Å². The number of para-hydroxylation sites is 1. The molecule has 1 amide bonds. The first-order chi connectivity index (χ1) is 12.3. The van der Waals surface area contributed by atoms with Gasteiger partial charge in [-0.15, -0.1) is 5.10 Å². The average molecular weight is 350 g/mol. The number of carbonyl (C=O) groups excluding carboxylic acids is 1. The maximum atomic E-state index is 11.5. The second-order valence-corrected chi connectivity index (χ2v) is 7.10. The van der Waals surface area contributed by atoms with Gasteiger partial charge in [-0.05, 0) is 35.2 Å². The molecule has 6 heteroatoms. The Hall–Kier alpha value is -3.15. The minimum Gasteiger partial charge on any atom is -0.487 e. The van der Waals surface area contributed by atoms with Gasteiger partial charge in [-0.25, -0.2) is 4.68 Å². The lowest BCUT2D eigenvalue weighted by Gasteiger charge is -2.19. The van der Waals surface area contributed by atoms with Gasteiger partial charge in [0, 0.05) is 0 Å². The molecule has 3 rings (SSSR count). The van der Waals surface area contributed by atoms with Gasteiger partial charge in [0.1, 0.15) is 18.1 Å². The minimum absolute atomic E-state index is 0.106. The van der Waals surface area contributed by atoms with E-state index in [2.05, 4.69) is 43.2 Å². The van der Waals surface area contributed by atoms with Gasteiger partial charge in [0.05, 0.1) is 17.4 Å². The van der Waals surface area contributed by atoms with E-state index in [1.54, 1.807) is 24.4 Å². The van der Waals surface area contributed by atoms with E-state index in [1.165, 1.54) is 10.2 Å². The molecule has 0 unspecified atom stereocenters. The molecule has 134 valence electrons. The van der Waals surface area contributed by atoms with Gasteiger partial charge in [0.15, 0.2) is 0 Å². The van der Waals surface area contributed by atoms with Crippen LogP contribution in [-0.2, 0) is 12.0 Å². The zero-order valence-electron chi connectivity index (χ0n) is 15.1. The highest BCUT2D eigenvalue weighted by Gasteiger charge is 2.14. The van der Waals surface area contributed by atoms with Crippen LogP contribution in [0.2, 0.25) is 0 Å². The molecule has 26 heavy (non-hydrogen) atoms. The van der Waals surface area contributed by atoms with E-state index in [4.69, 9.17) is 10.5 Å². The molecule has 6 nitrogen and oxygen atoms in total. The number of ether oxygens (including phenoxy) is 1. The minimum atomic E-state index is -0.507. The molecule has 1 heterocycles. The SMILES string of the molecule is CC(C)(C)c1ccc(OCc2cn(-c3ccccc3C(N)=O)nn2)cc1. The van der Waals surface area contributed by atoms with Crippen LogP contribution in [-0.4, -0.2) is 20.9 Å². The number of hydrogen-bond acceptors (Lipinski definition) is 4. The third-order valence-electron chi connectivity index (χ3n) is 4.06. The van der Waals surface area contributed by atoms with Crippen molar-refractivity contribution in [1.29, 1.82) is 0 Å². The number of aromatic nitrogens is 3. The average Bonchev–Trinajstić information content (AvgIpc) is 3.08. The van der Waals surface area contributed by atoms with Crippen molar-refractivity contribution in [2.75, 3.05) is 0 Å². The molecule has 0 bridgehead atoms. The van der Waals surface area contributed by atoms with Gasteiger partial charge in [0.25, 0.3) is 5.91 Å². The number of benzene rings is 2. The van der Waals surface area contributed by atoms with Crippen molar-refractivity contribution in [3.05, 3.63) is 71.5 Å². The van der Waals surface area contributed by atoms with E-state index in [0.29, 0.717) is 16.9 Å². The fourth-order valence-corrected chi connectivity index (χ4v) is 2.57. The first-order valence-electron chi connectivity index (χ1n) is 8.38. The number of amides is 1. The Labute approximate surface area is 152 Å². The lowest BCUT2D eigenvalue weighted by atomic mass is 9.87. The first-order valence-corrected chi connectivity index (χ1v) is 8.38. The summed E-state index contributed by atoms with van der Waals surface area (Å²) in [5.74, 6) is 0.262. The molecule has 0 aliphatic carbocycles. The highest BCUT2D eigenvalue weighted by molar-refractivity contribution is 5.96. The molecule has 0 spiro atoms. The Morgan fingerprint density at radius 1 is 1.12 bits per heavy atom. The summed E-state index contributed by atoms with van der Waals surface area (Å²) in [6.45, 7) is 6.80. The summed E-state index contributed by atoms with van der Waals surface area (Å²) in [7, 11) is 0. The number of primary amides is 1. The van der Waals surface area contributed by atoms with E-state index in [0.717, 1.165) is 5.75 Å². The molecule has 0 aliphatic heterocycles. The molecular weight excluding hydrogens is 328 g/mol. The summed E-state index contributed by atoms with van der Waals surface area (Å²) in [5, 5.41) is 8.17. The lowest BCUT2D eigenvalue weighted by molar-refractivity contribution is 0.1000. The van der Waals surface area contributed by atoms with Crippen molar-refractivity contribution in [2.45, 2.75) is 32.8 Å². The molecule has 2 aromatic carbocycles.